The minimum atomic E-state index is -5.54. The van der Waals surface area contributed by atoms with Gasteiger partial charge in [0.25, 0.3) is 0 Å². The maximum atomic E-state index is 12.9. The SMILES string of the molecule is O=S(=O)(Nc1ccccc1-c1ccc2c(c1)OCC(Cc1ccc(-c3cncs3)cn1)C2)C(F)(F)F. The summed E-state index contributed by atoms with van der Waals surface area (Å²) in [5, 5.41) is 0. The quantitative estimate of drug-likeness (QED) is 0.334. The largest absolute Gasteiger partial charge is 0.516 e. The predicted octanol–water partition coefficient (Wildman–Crippen LogP) is 5.93. The molecule has 3 heterocycles. The zero-order valence-corrected chi connectivity index (χ0v) is 20.3. The summed E-state index contributed by atoms with van der Waals surface area (Å²) >= 11 is 1.56. The van der Waals surface area contributed by atoms with E-state index in [0.29, 0.717) is 23.5 Å². The highest BCUT2D eigenvalue weighted by Gasteiger charge is 2.46. The normalized spacial score (nSPS) is 15.7. The van der Waals surface area contributed by atoms with E-state index < -0.39 is 15.5 Å². The summed E-state index contributed by atoms with van der Waals surface area (Å²) in [5.74, 6) is 0.849. The molecule has 0 fully saturated rings. The molecule has 0 bridgehead atoms. The Hall–Kier alpha value is -3.44. The Morgan fingerprint density at radius 1 is 1.06 bits per heavy atom. The standard InChI is InChI=1S/C25H20F3N3O3S2/c26-25(27,28)36(32,33)31-22-4-2-1-3-21(22)17-5-6-18-9-16(14-34-23(18)11-17)10-20-8-7-19(12-30-20)24-13-29-15-35-24/h1-8,11-13,15-16,31H,9-10,14H2. The van der Waals surface area contributed by atoms with Gasteiger partial charge in [0.15, 0.2) is 0 Å². The van der Waals surface area contributed by atoms with Gasteiger partial charge in [-0.1, -0.05) is 36.4 Å². The molecule has 1 unspecified atom stereocenters. The fraction of sp³-hybridized carbons (Fsp3) is 0.200. The number of pyridine rings is 1. The van der Waals surface area contributed by atoms with E-state index in [4.69, 9.17) is 4.74 Å². The maximum absolute atomic E-state index is 12.9. The summed E-state index contributed by atoms with van der Waals surface area (Å²) in [7, 11) is -5.54. The van der Waals surface area contributed by atoms with Gasteiger partial charge < -0.3 is 4.74 Å². The Bertz CT molecular complexity index is 1470. The smallest absolute Gasteiger partial charge is 0.493 e. The lowest BCUT2D eigenvalue weighted by Gasteiger charge is -2.26. The second-order valence-electron chi connectivity index (χ2n) is 8.41. The second-order valence-corrected chi connectivity index (χ2v) is 11.0. The van der Waals surface area contributed by atoms with Crippen molar-refractivity contribution in [3.63, 3.8) is 0 Å². The van der Waals surface area contributed by atoms with Crippen LogP contribution >= 0.6 is 11.3 Å². The molecule has 0 radical (unpaired) electrons. The molecule has 186 valence electrons. The van der Waals surface area contributed by atoms with Gasteiger partial charge in [-0.15, -0.1) is 11.3 Å². The van der Waals surface area contributed by atoms with Crippen LogP contribution in [0.5, 0.6) is 5.75 Å². The van der Waals surface area contributed by atoms with Crippen molar-refractivity contribution in [1.29, 1.82) is 0 Å². The molecular formula is C25H20F3N3O3S2. The van der Waals surface area contributed by atoms with Crippen LogP contribution in [-0.2, 0) is 22.9 Å². The Morgan fingerprint density at radius 2 is 1.86 bits per heavy atom. The molecule has 0 spiro atoms. The van der Waals surface area contributed by atoms with Crippen molar-refractivity contribution in [2.75, 3.05) is 11.3 Å². The van der Waals surface area contributed by atoms with Crippen LogP contribution in [0.2, 0.25) is 0 Å². The van der Waals surface area contributed by atoms with Gasteiger partial charge >= 0.3 is 15.5 Å². The first-order chi connectivity index (χ1) is 17.2. The molecule has 1 N–H and O–H groups in total. The van der Waals surface area contributed by atoms with Crippen LogP contribution in [0, 0.1) is 5.92 Å². The van der Waals surface area contributed by atoms with E-state index in [9.17, 15) is 21.6 Å². The van der Waals surface area contributed by atoms with Crippen molar-refractivity contribution in [1.82, 2.24) is 9.97 Å². The third kappa shape index (κ3) is 5.07. The van der Waals surface area contributed by atoms with Gasteiger partial charge in [0, 0.05) is 35.1 Å². The number of hydrogen-bond acceptors (Lipinski definition) is 6. The molecule has 0 saturated carbocycles. The van der Waals surface area contributed by atoms with Gasteiger partial charge in [-0.25, -0.2) is 0 Å². The number of sulfonamides is 1. The number of alkyl halides is 3. The number of anilines is 1. The fourth-order valence-corrected chi connectivity index (χ4v) is 5.30. The second kappa shape index (κ2) is 9.55. The van der Waals surface area contributed by atoms with Crippen LogP contribution in [0.15, 0.2) is 72.5 Å². The van der Waals surface area contributed by atoms with Crippen molar-refractivity contribution < 1.29 is 26.3 Å². The van der Waals surface area contributed by atoms with Crippen LogP contribution in [0.1, 0.15) is 11.3 Å². The summed E-state index contributed by atoms with van der Waals surface area (Å²) < 4.78 is 69.5. The molecule has 0 aliphatic carbocycles. The molecule has 1 aliphatic rings. The van der Waals surface area contributed by atoms with Crippen molar-refractivity contribution in [2.45, 2.75) is 18.3 Å². The lowest BCUT2D eigenvalue weighted by Crippen LogP contribution is -2.30. The van der Waals surface area contributed by atoms with Gasteiger partial charge in [-0.3, -0.25) is 14.7 Å². The minimum Gasteiger partial charge on any atom is -0.493 e. The van der Waals surface area contributed by atoms with E-state index in [-0.39, 0.29) is 11.6 Å². The molecule has 0 saturated heterocycles. The van der Waals surface area contributed by atoms with E-state index in [1.807, 2.05) is 30.6 Å². The molecule has 1 aliphatic heterocycles. The highest BCUT2D eigenvalue weighted by atomic mass is 32.2. The fourth-order valence-electron chi connectivity index (χ4n) is 4.11. The molecule has 2 aromatic heterocycles. The van der Waals surface area contributed by atoms with Crippen LogP contribution in [0.4, 0.5) is 18.9 Å². The summed E-state index contributed by atoms with van der Waals surface area (Å²) in [5.41, 5.74) is 0.0489. The number of nitrogens with one attached hydrogen (secondary N) is 1. The van der Waals surface area contributed by atoms with Crippen molar-refractivity contribution in [3.05, 3.63) is 83.8 Å². The van der Waals surface area contributed by atoms with E-state index in [0.717, 1.165) is 34.5 Å². The van der Waals surface area contributed by atoms with Crippen molar-refractivity contribution in [2.24, 2.45) is 5.92 Å². The van der Waals surface area contributed by atoms with Gasteiger partial charge in [-0.2, -0.15) is 21.6 Å². The average Bonchev–Trinajstić information content (AvgIpc) is 3.39. The first-order valence-electron chi connectivity index (χ1n) is 11.0. The van der Waals surface area contributed by atoms with Crippen LogP contribution in [0.3, 0.4) is 0 Å². The van der Waals surface area contributed by atoms with E-state index in [1.165, 1.54) is 12.1 Å². The molecule has 0 amide bonds. The Balaban J connectivity index is 1.31. The van der Waals surface area contributed by atoms with Gasteiger partial charge in [0.05, 0.1) is 22.7 Å². The third-order valence-electron chi connectivity index (χ3n) is 5.88. The number of thiazole rings is 1. The van der Waals surface area contributed by atoms with Crippen LogP contribution in [0.25, 0.3) is 21.6 Å². The number of fused-ring (bicyclic) bond motifs is 1. The monoisotopic (exact) mass is 531 g/mol. The zero-order valence-electron chi connectivity index (χ0n) is 18.7. The maximum Gasteiger partial charge on any atom is 0.516 e. The number of benzene rings is 2. The number of hydrogen-bond donors (Lipinski definition) is 1. The number of para-hydroxylation sites is 1. The van der Waals surface area contributed by atoms with Crippen LogP contribution in [-0.4, -0.2) is 30.5 Å². The van der Waals surface area contributed by atoms with E-state index >= 15 is 0 Å². The minimum absolute atomic E-state index is 0.156. The molecule has 4 aromatic rings. The van der Waals surface area contributed by atoms with Crippen LogP contribution < -0.4 is 9.46 Å². The number of ether oxygens (including phenoxy) is 1. The number of nitrogens with zero attached hydrogens (tertiary/aromatic N) is 2. The number of rotatable bonds is 6. The molecule has 11 heteroatoms. The number of aromatic nitrogens is 2. The molecule has 5 rings (SSSR count). The summed E-state index contributed by atoms with van der Waals surface area (Å²) in [6.07, 6.45) is 5.16. The summed E-state index contributed by atoms with van der Waals surface area (Å²) in [6, 6.07) is 15.3. The molecule has 6 nitrogen and oxygen atoms in total. The average molecular weight is 532 g/mol. The zero-order chi connectivity index (χ0) is 25.3. The van der Waals surface area contributed by atoms with E-state index in [2.05, 4.69) is 9.97 Å². The topological polar surface area (TPSA) is 81.2 Å². The Kier molecular flexibility index (Phi) is 6.44. The lowest BCUT2D eigenvalue weighted by atomic mass is 9.91. The van der Waals surface area contributed by atoms with Gasteiger partial charge in [0.1, 0.15) is 5.75 Å². The Morgan fingerprint density at radius 3 is 2.58 bits per heavy atom. The van der Waals surface area contributed by atoms with Crippen molar-refractivity contribution >= 4 is 27.0 Å². The predicted molar refractivity (Wildman–Crippen MR) is 132 cm³/mol. The molecular weight excluding hydrogens is 511 g/mol. The summed E-state index contributed by atoms with van der Waals surface area (Å²) in [4.78, 5) is 9.73. The molecule has 36 heavy (non-hydrogen) atoms. The van der Waals surface area contributed by atoms with Gasteiger partial charge in [-0.05, 0) is 42.2 Å². The molecule has 1 atom stereocenters. The first kappa shape index (κ1) is 24.3. The number of halogens is 3. The lowest BCUT2D eigenvalue weighted by molar-refractivity contribution is -0.0429. The highest BCUT2D eigenvalue weighted by molar-refractivity contribution is 7.93. The van der Waals surface area contributed by atoms with Crippen molar-refractivity contribution in [3.8, 4) is 27.3 Å². The summed E-state index contributed by atoms with van der Waals surface area (Å²) in [6.45, 7) is 0.469. The Labute approximate surface area is 209 Å². The van der Waals surface area contributed by atoms with Gasteiger partial charge in [0.2, 0.25) is 0 Å². The van der Waals surface area contributed by atoms with E-state index in [1.54, 1.807) is 45.8 Å². The molecule has 2 aromatic carbocycles. The third-order valence-corrected chi connectivity index (χ3v) is 7.80. The first-order valence-corrected chi connectivity index (χ1v) is 13.3. The highest BCUT2D eigenvalue weighted by Crippen LogP contribution is 2.37.